The SMILES string of the molecule is CN(C(=O)N1C=NC(c2ccc(OCCN3CCOCC3)cc2)C1)C1CCCCC1. The number of rotatable bonds is 6. The Labute approximate surface area is 179 Å². The Morgan fingerprint density at radius 2 is 1.90 bits per heavy atom. The van der Waals surface area contributed by atoms with Gasteiger partial charge in [-0.05, 0) is 30.5 Å². The van der Waals surface area contributed by atoms with E-state index in [1.54, 1.807) is 11.2 Å². The maximum Gasteiger partial charge on any atom is 0.325 e. The molecule has 2 amide bonds. The smallest absolute Gasteiger partial charge is 0.325 e. The first-order chi connectivity index (χ1) is 14.7. The third-order valence-corrected chi connectivity index (χ3v) is 6.47. The predicted octanol–water partition coefficient (Wildman–Crippen LogP) is 3.17. The minimum absolute atomic E-state index is 0.00361. The summed E-state index contributed by atoms with van der Waals surface area (Å²) >= 11 is 0. The summed E-state index contributed by atoms with van der Waals surface area (Å²) in [4.78, 5) is 23.5. The normalized spacial score (nSPS) is 23.0. The van der Waals surface area contributed by atoms with Crippen LogP contribution in [0.5, 0.6) is 5.75 Å². The number of aliphatic imine (C=N–C) groups is 1. The molecular weight excluding hydrogens is 380 g/mol. The molecule has 1 atom stereocenters. The van der Waals surface area contributed by atoms with Gasteiger partial charge in [-0.1, -0.05) is 31.4 Å². The topological polar surface area (TPSA) is 57.6 Å². The van der Waals surface area contributed by atoms with Crippen molar-refractivity contribution in [2.75, 3.05) is 53.0 Å². The third kappa shape index (κ3) is 5.32. The number of amides is 2. The Bertz CT molecular complexity index is 712. The lowest BCUT2D eigenvalue weighted by molar-refractivity contribution is 0.0322. The molecule has 2 aliphatic heterocycles. The van der Waals surface area contributed by atoms with E-state index in [9.17, 15) is 4.79 Å². The maximum absolute atomic E-state index is 12.9. The molecule has 1 aliphatic carbocycles. The highest BCUT2D eigenvalue weighted by atomic mass is 16.5. The number of nitrogens with zero attached hydrogens (tertiary/aromatic N) is 4. The minimum atomic E-state index is -0.00361. The zero-order valence-electron chi connectivity index (χ0n) is 18.0. The first-order valence-electron chi connectivity index (χ1n) is 11.3. The standard InChI is InChI=1S/C23H34N4O3/c1-25(20-5-3-2-4-6-20)23(28)27-17-22(24-18-27)19-7-9-21(10-8-19)30-16-13-26-11-14-29-15-12-26/h7-10,18,20,22H,2-6,11-17H2,1H3. The van der Waals surface area contributed by atoms with Crippen LogP contribution in [-0.2, 0) is 4.74 Å². The molecule has 0 aromatic heterocycles. The molecule has 1 saturated heterocycles. The molecule has 0 spiro atoms. The molecule has 30 heavy (non-hydrogen) atoms. The molecule has 1 saturated carbocycles. The third-order valence-electron chi connectivity index (χ3n) is 6.47. The van der Waals surface area contributed by atoms with Crippen molar-refractivity contribution in [3.05, 3.63) is 29.8 Å². The molecular formula is C23H34N4O3. The lowest BCUT2D eigenvalue weighted by Crippen LogP contribution is -2.45. The second kappa shape index (κ2) is 10.3. The molecule has 164 valence electrons. The molecule has 2 fully saturated rings. The van der Waals surface area contributed by atoms with E-state index in [0.717, 1.165) is 57.0 Å². The molecule has 1 unspecified atom stereocenters. The Kier molecular flexibility index (Phi) is 7.23. The van der Waals surface area contributed by atoms with Crippen LogP contribution in [0.2, 0.25) is 0 Å². The van der Waals surface area contributed by atoms with E-state index >= 15 is 0 Å². The van der Waals surface area contributed by atoms with Crippen molar-refractivity contribution in [2.24, 2.45) is 4.99 Å². The van der Waals surface area contributed by atoms with Gasteiger partial charge in [-0.25, -0.2) is 4.79 Å². The summed E-state index contributed by atoms with van der Waals surface area (Å²) in [5.41, 5.74) is 1.11. The predicted molar refractivity (Wildman–Crippen MR) is 117 cm³/mol. The number of benzene rings is 1. The van der Waals surface area contributed by atoms with Crippen LogP contribution in [0.1, 0.15) is 43.7 Å². The van der Waals surface area contributed by atoms with Gasteiger partial charge in [0.25, 0.3) is 0 Å². The number of carbonyl (C=O) groups excluding carboxylic acids is 1. The van der Waals surface area contributed by atoms with Gasteiger partial charge >= 0.3 is 6.03 Å². The summed E-state index contributed by atoms with van der Waals surface area (Å²) in [5.74, 6) is 0.874. The summed E-state index contributed by atoms with van der Waals surface area (Å²) in [7, 11) is 1.93. The highest BCUT2D eigenvalue weighted by molar-refractivity contribution is 5.87. The summed E-state index contributed by atoms with van der Waals surface area (Å²) in [6, 6.07) is 8.56. The average Bonchev–Trinajstić information content (AvgIpc) is 3.30. The van der Waals surface area contributed by atoms with Gasteiger partial charge in [-0.2, -0.15) is 0 Å². The number of ether oxygens (including phenoxy) is 2. The van der Waals surface area contributed by atoms with E-state index in [1.807, 2.05) is 24.1 Å². The monoisotopic (exact) mass is 414 g/mol. The van der Waals surface area contributed by atoms with Gasteiger partial charge in [0.2, 0.25) is 0 Å². The van der Waals surface area contributed by atoms with Gasteiger partial charge in [0.05, 0.1) is 32.1 Å². The molecule has 0 N–H and O–H groups in total. The highest BCUT2D eigenvalue weighted by Gasteiger charge is 2.29. The molecule has 2 heterocycles. The van der Waals surface area contributed by atoms with Crippen LogP contribution in [-0.4, -0.2) is 86.2 Å². The first kappa shape index (κ1) is 21.1. The van der Waals surface area contributed by atoms with Crippen molar-refractivity contribution in [1.82, 2.24) is 14.7 Å². The number of carbonyl (C=O) groups is 1. The zero-order valence-corrected chi connectivity index (χ0v) is 18.0. The van der Waals surface area contributed by atoms with Crippen molar-refractivity contribution in [1.29, 1.82) is 0 Å². The van der Waals surface area contributed by atoms with Crippen LogP contribution in [0.25, 0.3) is 0 Å². The van der Waals surface area contributed by atoms with Crippen LogP contribution < -0.4 is 4.74 Å². The fraction of sp³-hybridized carbons (Fsp3) is 0.652. The molecule has 1 aromatic carbocycles. The van der Waals surface area contributed by atoms with Crippen LogP contribution in [0.3, 0.4) is 0 Å². The largest absolute Gasteiger partial charge is 0.492 e. The Morgan fingerprint density at radius 3 is 2.63 bits per heavy atom. The Balaban J connectivity index is 1.23. The quantitative estimate of drug-likeness (QED) is 0.718. The van der Waals surface area contributed by atoms with Gasteiger partial charge in [0.15, 0.2) is 0 Å². The fourth-order valence-electron chi connectivity index (χ4n) is 4.49. The van der Waals surface area contributed by atoms with E-state index < -0.39 is 0 Å². The van der Waals surface area contributed by atoms with Crippen molar-refractivity contribution in [3.63, 3.8) is 0 Å². The summed E-state index contributed by atoms with van der Waals surface area (Å²) < 4.78 is 11.3. The van der Waals surface area contributed by atoms with Crippen molar-refractivity contribution in [3.8, 4) is 5.75 Å². The minimum Gasteiger partial charge on any atom is -0.492 e. The van der Waals surface area contributed by atoms with Gasteiger partial charge in [0, 0.05) is 32.7 Å². The summed E-state index contributed by atoms with van der Waals surface area (Å²) in [6.07, 6.45) is 7.67. The molecule has 0 bridgehead atoms. The molecule has 1 aromatic rings. The van der Waals surface area contributed by atoms with E-state index in [2.05, 4.69) is 22.0 Å². The van der Waals surface area contributed by atoms with E-state index in [-0.39, 0.29) is 12.1 Å². The first-order valence-corrected chi connectivity index (χ1v) is 11.3. The average molecular weight is 415 g/mol. The van der Waals surface area contributed by atoms with Crippen LogP contribution in [0, 0.1) is 0 Å². The second-order valence-corrected chi connectivity index (χ2v) is 8.49. The molecule has 7 nitrogen and oxygen atoms in total. The van der Waals surface area contributed by atoms with Crippen LogP contribution in [0.15, 0.2) is 29.3 Å². The zero-order chi connectivity index (χ0) is 20.8. The van der Waals surface area contributed by atoms with Gasteiger partial charge < -0.3 is 14.4 Å². The van der Waals surface area contributed by atoms with Gasteiger partial charge in [-0.15, -0.1) is 0 Å². The second-order valence-electron chi connectivity index (χ2n) is 8.49. The highest BCUT2D eigenvalue weighted by Crippen LogP contribution is 2.27. The lowest BCUT2D eigenvalue weighted by Gasteiger charge is -2.33. The van der Waals surface area contributed by atoms with Crippen LogP contribution in [0.4, 0.5) is 4.79 Å². The fourth-order valence-corrected chi connectivity index (χ4v) is 4.49. The van der Waals surface area contributed by atoms with Crippen molar-refractivity contribution < 1.29 is 14.3 Å². The van der Waals surface area contributed by atoms with Crippen molar-refractivity contribution in [2.45, 2.75) is 44.2 Å². The summed E-state index contributed by atoms with van der Waals surface area (Å²) in [5, 5.41) is 0. The lowest BCUT2D eigenvalue weighted by atomic mass is 9.95. The van der Waals surface area contributed by atoms with Crippen LogP contribution >= 0.6 is 0 Å². The number of hydrogen-bond donors (Lipinski definition) is 0. The van der Waals surface area contributed by atoms with E-state index in [0.29, 0.717) is 19.2 Å². The number of hydrogen-bond acceptors (Lipinski definition) is 5. The number of morpholine rings is 1. The molecule has 4 rings (SSSR count). The molecule has 7 heteroatoms. The Hall–Kier alpha value is -2.12. The molecule has 3 aliphatic rings. The maximum atomic E-state index is 12.9. The van der Waals surface area contributed by atoms with E-state index in [1.165, 1.54) is 19.3 Å². The number of urea groups is 1. The summed E-state index contributed by atoms with van der Waals surface area (Å²) in [6.45, 7) is 5.78. The Morgan fingerprint density at radius 1 is 1.17 bits per heavy atom. The van der Waals surface area contributed by atoms with Gasteiger partial charge in [0.1, 0.15) is 12.4 Å². The van der Waals surface area contributed by atoms with Gasteiger partial charge in [-0.3, -0.25) is 14.8 Å². The van der Waals surface area contributed by atoms with E-state index in [4.69, 9.17) is 9.47 Å². The molecule has 0 radical (unpaired) electrons. The van der Waals surface area contributed by atoms with Crippen molar-refractivity contribution >= 4 is 12.4 Å².